The summed E-state index contributed by atoms with van der Waals surface area (Å²) in [6.07, 6.45) is 69.6. The smallest absolute Gasteiger partial charge is 0.306 e. The quantitative estimate of drug-likeness (QED) is 0.0321. The Kier molecular flexibility index (Phi) is 52.1. The van der Waals surface area contributed by atoms with Crippen molar-refractivity contribution < 1.29 is 24.5 Å². The third-order valence-electron chi connectivity index (χ3n) is 12.8. The van der Waals surface area contributed by atoms with Gasteiger partial charge < -0.3 is 20.3 Å². The van der Waals surface area contributed by atoms with E-state index < -0.39 is 18.2 Å². The van der Waals surface area contributed by atoms with Gasteiger partial charge in [0.05, 0.1) is 25.2 Å². The van der Waals surface area contributed by atoms with Gasteiger partial charge in [-0.3, -0.25) is 9.59 Å². The first-order valence-electron chi connectivity index (χ1n) is 28.7. The molecule has 1 amide bonds. The van der Waals surface area contributed by atoms with Crippen molar-refractivity contribution >= 4 is 11.9 Å². The minimum atomic E-state index is -0.797. The van der Waals surface area contributed by atoms with Crippen molar-refractivity contribution in [3.8, 4) is 0 Å². The fourth-order valence-corrected chi connectivity index (χ4v) is 8.45. The summed E-state index contributed by atoms with van der Waals surface area (Å²) in [7, 11) is 0. The van der Waals surface area contributed by atoms with Crippen LogP contribution in [0, 0.1) is 0 Å². The zero-order valence-electron chi connectivity index (χ0n) is 44.3. The van der Waals surface area contributed by atoms with Gasteiger partial charge in [0.15, 0.2) is 0 Å². The molecule has 3 unspecified atom stereocenters. The van der Waals surface area contributed by atoms with E-state index in [1.807, 2.05) is 0 Å². The molecule has 0 fully saturated rings. The first kappa shape index (κ1) is 64.3. The molecule has 0 spiro atoms. The number of carbonyl (C=O) groups excluding carboxylic acids is 2. The van der Waals surface area contributed by atoms with Gasteiger partial charge in [0, 0.05) is 6.42 Å². The number of rotatable bonds is 51. The molecule has 0 aliphatic heterocycles. The second-order valence-electron chi connectivity index (χ2n) is 19.3. The predicted molar refractivity (Wildman–Crippen MR) is 291 cm³/mol. The zero-order valence-corrected chi connectivity index (χ0v) is 44.3. The Balaban J connectivity index is 4.64. The lowest BCUT2D eigenvalue weighted by Gasteiger charge is -2.24. The first-order chi connectivity index (χ1) is 33.0. The fourth-order valence-electron chi connectivity index (χ4n) is 8.45. The van der Waals surface area contributed by atoms with Crippen LogP contribution in [0.25, 0.3) is 0 Å². The lowest BCUT2D eigenvalue weighted by Crippen LogP contribution is -2.46. The zero-order chi connectivity index (χ0) is 48.8. The SMILES string of the molecule is CC/C=C\C/C=C\C/C=C\C/C=C\C/C=C\CCCCCC(=O)OC(CCCCCCCCC/C=C/CCCCCCCC)CC(=O)NC(CO)C(O)CCCCCCCCCCCCCC. The van der Waals surface area contributed by atoms with Crippen LogP contribution < -0.4 is 5.32 Å². The monoisotopic (exact) mass is 936 g/mol. The summed E-state index contributed by atoms with van der Waals surface area (Å²) in [5.74, 6) is -0.511. The van der Waals surface area contributed by atoms with Gasteiger partial charge in [-0.2, -0.15) is 0 Å². The highest BCUT2D eigenvalue weighted by molar-refractivity contribution is 5.77. The largest absolute Gasteiger partial charge is 0.462 e. The van der Waals surface area contributed by atoms with Crippen LogP contribution in [0.2, 0.25) is 0 Å². The number of ether oxygens (including phenoxy) is 1. The van der Waals surface area contributed by atoms with Crippen molar-refractivity contribution in [3.63, 3.8) is 0 Å². The molecule has 0 aromatic carbocycles. The maximum absolute atomic E-state index is 13.3. The van der Waals surface area contributed by atoms with Crippen LogP contribution in [0.3, 0.4) is 0 Å². The first-order valence-corrected chi connectivity index (χ1v) is 28.7. The number of hydrogen-bond acceptors (Lipinski definition) is 5. The molecule has 0 bridgehead atoms. The van der Waals surface area contributed by atoms with Gasteiger partial charge in [0.2, 0.25) is 5.91 Å². The number of allylic oxidation sites excluding steroid dienone is 12. The van der Waals surface area contributed by atoms with Gasteiger partial charge in [-0.25, -0.2) is 0 Å². The van der Waals surface area contributed by atoms with E-state index in [-0.39, 0.29) is 24.9 Å². The number of aliphatic hydroxyl groups excluding tert-OH is 2. The highest BCUT2D eigenvalue weighted by atomic mass is 16.5. The average Bonchev–Trinajstić information content (AvgIpc) is 3.32. The van der Waals surface area contributed by atoms with Crippen molar-refractivity contribution in [2.45, 2.75) is 296 Å². The molecule has 0 aliphatic rings. The van der Waals surface area contributed by atoms with Gasteiger partial charge in [-0.15, -0.1) is 0 Å². The molecule has 3 atom stereocenters. The van der Waals surface area contributed by atoms with Crippen molar-refractivity contribution in [2.75, 3.05) is 6.61 Å². The van der Waals surface area contributed by atoms with E-state index in [1.165, 1.54) is 135 Å². The molecule has 388 valence electrons. The van der Waals surface area contributed by atoms with Crippen molar-refractivity contribution in [3.05, 3.63) is 72.9 Å². The van der Waals surface area contributed by atoms with Crippen molar-refractivity contribution in [2.24, 2.45) is 0 Å². The van der Waals surface area contributed by atoms with Crippen LogP contribution in [0.1, 0.15) is 278 Å². The van der Waals surface area contributed by atoms with Crippen LogP contribution in [-0.2, 0) is 14.3 Å². The molecule has 0 saturated heterocycles. The summed E-state index contributed by atoms with van der Waals surface area (Å²) in [5, 5.41) is 23.8. The van der Waals surface area contributed by atoms with Gasteiger partial charge >= 0.3 is 5.97 Å². The molecule has 0 aromatic rings. The lowest BCUT2D eigenvalue weighted by atomic mass is 10.0. The van der Waals surface area contributed by atoms with Crippen LogP contribution in [-0.4, -0.2) is 46.9 Å². The molecule has 6 heteroatoms. The van der Waals surface area contributed by atoms with E-state index in [1.54, 1.807) is 0 Å². The Bertz CT molecular complexity index is 1230. The number of carbonyl (C=O) groups is 2. The van der Waals surface area contributed by atoms with Gasteiger partial charge in [0.25, 0.3) is 0 Å². The molecule has 0 radical (unpaired) electrons. The fraction of sp³-hybridized carbons (Fsp3) is 0.770. The third-order valence-corrected chi connectivity index (χ3v) is 12.8. The number of nitrogens with one attached hydrogen (secondary N) is 1. The summed E-state index contributed by atoms with van der Waals surface area (Å²) in [6, 6.07) is -0.713. The molecule has 0 heterocycles. The molecule has 67 heavy (non-hydrogen) atoms. The molecular formula is C61H109NO5. The molecule has 0 aromatic heterocycles. The maximum Gasteiger partial charge on any atom is 0.306 e. The van der Waals surface area contributed by atoms with Crippen LogP contribution in [0.5, 0.6) is 0 Å². The average molecular weight is 937 g/mol. The molecule has 6 nitrogen and oxygen atoms in total. The number of hydrogen-bond donors (Lipinski definition) is 3. The van der Waals surface area contributed by atoms with E-state index in [4.69, 9.17) is 4.74 Å². The lowest BCUT2D eigenvalue weighted by molar-refractivity contribution is -0.151. The summed E-state index contributed by atoms with van der Waals surface area (Å²) < 4.78 is 5.95. The summed E-state index contributed by atoms with van der Waals surface area (Å²) >= 11 is 0. The third kappa shape index (κ3) is 49.5. The Hall–Kier alpha value is -2.70. The van der Waals surface area contributed by atoms with Gasteiger partial charge in [-0.1, -0.05) is 241 Å². The normalized spacial score (nSPS) is 13.7. The Morgan fingerprint density at radius 3 is 1.24 bits per heavy atom. The van der Waals surface area contributed by atoms with Crippen molar-refractivity contribution in [1.82, 2.24) is 5.32 Å². The molecular weight excluding hydrogens is 827 g/mol. The summed E-state index contributed by atoms with van der Waals surface area (Å²) in [4.78, 5) is 26.3. The second kappa shape index (κ2) is 54.2. The molecule has 0 saturated carbocycles. The summed E-state index contributed by atoms with van der Waals surface area (Å²) in [5.41, 5.74) is 0. The van der Waals surface area contributed by atoms with E-state index in [0.29, 0.717) is 19.3 Å². The van der Waals surface area contributed by atoms with Crippen LogP contribution >= 0.6 is 0 Å². The van der Waals surface area contributed by atoms with Gasteiger partial charge in [-0.05, 0) is 96.3 Å². The molecule has 3 N–H and O–H groups in total. The molecule has 0 aliphatic carbocycles. The predicted octanol–water partition coefficient (Wildman–Crippen LogP) is 17.7. The van der Waals surface area contributed by atoms with E-state index >= 15 is 0 Å². The number of aliphatic hydroxyl groups is 2. The van der Waals surface area contributed by atoms with E-state index in [9.17, 15) is 19.8 Å². The summed E-state index contributed by atoms with van der Waals surface area (Å²) in [6.45, 7) is 6.37. The molecule has 0 rings (SSSR count). The minimum absolute atomic E-state index is 0.0595. The van der Waals surface area contributed by atoms with Crippen LogP contribution in [0.15, 0.2) is 72.9 Å². The van der Waals surface area contributed by atoms with E-state index in [0.717, 1.165) is 96.3 Å². The Morgan fingerprint density at radius 2 is 0.806 bits per heavy atom. The second-order valence-corrected chi connectivity index (χ2v) is 19.3. The Labute approximate surface area is 415 Å². The van der Waals surface area contributed by atoms with E-state index in [2.05, 4.69) is 99.0 Å². The topological polar surface area (TPSA) is 95.9 Å². The number of unbranched alkanes of at least 4 members (excludes halogenated alkanes) is 27. The van der Waals surface area contributed by atoms with Gasteiger partial charge in [0.1, 0.15) is 6.10 Å². The standard InChI is InChI=1S/C61H109NO5/c1-4-7-10-13-16-19-22-25-27-29-30-32-34-36-39-42-45-48-51-54-61(66)67-57(52-49-46-43-40-37-35-33-31-28-26-23-20-17-14-11-8-5-2)55-60(65)62-58(56-63)59(64)53-50-47-44-41-38-24-21-18-15-12-9-6-3/h7,10,16,19,25-28,30,32,36,39,57-59,63-64H,4-6,8-9,11-15,17-18,20-24,29,31,33-35,37-38,40-56H2,1-3H3,(H,62,65)/b10-7-,19-16-,27-25-,28-26+,32-30-,39-36-. The highest BCUT2D eigenvalue weighted by Crippen LogP contribution is 2.18. The van der Waals surface area contributed by atoms with Crippen molar-refractivity contribution in [1.29, 1.82) is 0 Å². The number of amides is 1. The minimum Gasteiger partial charge on any atom is -0.462 e. The Morgan fingerprint density at radius 1 is 0.448 bits per heavy atom. The maximum atomic E-state index is 13.3. The highest BCUT2D eigenvalue weighted by Gasteiger charge is 2.24. The van der Waals surface area contributed by atoms with Crippen LogP contribution in [0.4, 0.5) is 0 Å². The number of esters is 1.